The molecule has 0 fully saturated rings. The summed E-state index contributed by atoms with van der Waals surface area (Å²) in [5.41, 5.74) is 2.76. The number of H-pyrrole nitrogens is 1. The zero-order chi connectivity index (χ0) is 12.4. The quantitative estimate of drug-likeness (QED) is 0.710. The lowest BCUT2D eigenvalue weighted by atomic mass is 10.0. The topological polar surface area (TPSA) is 45.8 Å². The van der Waals surface area contributed by atoms with E-state index in [-0.39, 0.29) is 5.78 Å². The zero-order valence-electron chi connectivity index (χ0n) is 9.76. The van der Waals surface area contributed by atoms with Crippen LogP contribution in [0.4, 0.5) is 0 Å². The van der Waals surface area contributed by atoms with Crippen LogP contribution in [-0.4, -0.2) is 16.0 Å². The van der Waals surface area contributed by atoms with E-state index in [1.54, 1.807) is 6.20 Å². The molecular formula is C15H12N2O. The zero-order valence-corrected chi connectivity index (χ0v) is 9.76. The van der Waals surface area contributed by atoms with Crippen molar-refractivity contribution in [2.24, 2.45) is 0 Å². The molecule has 0 bridgehead atoms. The first-order valence-corrected chi connectivity index (χ1v) is 5.83. The molecule has 0 saturated carbocycles. The van der Waals surface area contributed by atoms with E-state index in [0.29, 0.717) is 6.42 Å². The normalized spacial score (nSPS) is 10.7. The number of carbonyl (C=O) groups is 1. The molecule has 2 aromatic carbocycles. The van der Waals surface area contributed by atoms with Crippen molar-refractivity contribution in [2.45, 2.75) is 6.42 Å². The minimum atomic E-state index is 0.137. The first-order chi connectivity index (χ1) is 8.83. The van der Waals surface area contributed by atoms with Crippen LogP contribution in [0.15, 0.2) is 54.7 Å². The number of benzene rings is 2. The van der Waals surface area contributed by atoms with Gasteiger partial charge in [0.25, 0.3) is 0 Å². The van der Waals surface area contributed by atoms with E-state index in [1.165, 1.54) is 0 Å². The number of rotatable bonds is 3. The number of ketones is 1. The standard InChI is InChI=1S/C15H12N2O/c18-15(12-4-2-1-3-5-12)9-11-6-7-14-13(8-11)10-16-17-14/h1-8,10H,9H2,(H,16,17). The molecule has 0 atom stereocenters. The monoisotopic (exact) mass is 236 g/mol. The van der Waals surface area contributed by atoms with E-state index in [2.05, 4.69) is 10.2 Å². The average Bonchev–Trinajstić information content (AvgIpc) is 2.87. The molecule has 3 heteroatoms. The van der Waals surface area contributed by atoms with E-state index >= 15 is 0 Å². The van der Waals surface area contributed by atoms with Crippen molar-refractivity contribution in [3.63, 3.8) is 0 Å². The summed E-state index contributed by atoms with van der Waals surface area (Å²) in [5, 5.41) is 7.90. The maximum absolute atomic E-state index is 12.1. The van der Waals surface area contributed by atoms with Crippen molar-refractivity contribution in [3.8, 4) is 0 Å². The summed E-state index contributed by atoms with van der Waals surface area (Å²) >= 11 is 0. The van der Waals surface area contributed by atoms with Crippen LogP contribution >= 0.6 is 0 Å². The van der Waals surface area contributed by atoms with Gasteiger partial charge in [-0.25, -0.2) is 0 Å². The number of nitrogens with zero attached hydrogens (tertiary/aromatic N) is 1. The van der Waals surface area contributed by atoms with Gasteiger partial charge in [0.15, 0.2) is 5.78 Å². The van der Waals surface area contributed by atoms with Gasteiger partial charge in [0.1, 0.15) is 0 Å². The predicted octanol–water partition coefficient (Wildman–Crippen LogP) is 2.99. The van der Waals surface area contributed by atoms with Gasteiger partial charge in [0.05, 0.1) is 11.7 Å². The molecule has 1 N–H and O–H groups in total. The molecule has 0 unspecified atom stereocenters. The first-order valence-electron chi connectivity index (χ1n) is 5.83. The molecule has 3 nitrogen and oxygen atoms in total. The molecule has 88 valence electrons. The summed E-state index contributed by atoms with van der Waals surface area (Å²) in [6, 6.07) is 15.3. The lowest BCUT2D eigenvalue weighted by Crippen LogP contribution is -2.02. The highest BCUT2D eigenvalue weighted by molar-refractivity contribution is 5.97. The van der Waals surface area contributed by atoms with E-state index in [0.717, 1.165) is 22.0 Å². The Balaban J connectivity index is 1.86. The Hall–Kier alpha value is -2.42. The Labute approximate surface area is 104 Å². The molecule has 0 radical (unpaired) electrons. The van der Waals surface area contributed by atoms with Crippen molar-refractivity contribution in [1.82, 2.24) is 10.2 Å². The molecule has 0 aliphatic heterocycles. The molecule has 0 spiro atoms. The molecule has 0 aliphatic rings. The van der Waals surface area contributed by atoms with Crippen LogP contribution in [0.3, 0.4) is 0 Å². The van der Waals surface area contributed by atoms with Crippen molar-refractivity contribution >= 4 is 16.7 Å². The average molecular weight is 236 g/mol. The van der Waals surface area contributed by atoms with Crippen LogP contribution in [-0.2, 0) is 6.42 Å². The summed E-state index contributed by atoms with van der Waals surface area (Å²) in [5.74, 6) is 0.137. The maximum atomic E-state index is 12.1. The van der Waals surface area contributed by atoms with Crippen LogP contribution in [0.25, 0.3) is 10.9 Å². The summed E-state index contributed by atoms with van der Waals surface area (Å²) in [6.45, 7) is 0. The number of hydrogen-bond donors (Lipinski definition) is 1. The van der Waals surface area contributed by atoms with Crippen molar-refractivity contribution in [2.75, 3.05) is 0 Å². The Morgan fingerprint density at radius 2 is 1.94 bits per heavy atom. The van der Waals surface area contributed by atoms with E-state index in [9.17, 15) is 4.79 Å². The Morgan fingerprint density at radius 1 is 1.11 bits per heavy atom. The van der Waals surface area contributed by atoms with Gasteiger partial charge in [-0.2, -0.15) is 5.10 Å². The lowest BCUT2D eigenvalue weighted by molar-refractivity contribution is 0.0993. The minimum absolute atomic E-state index is 0.137. The highest BCUT2D eigenvalue weighted by Crippen LogP contribution is 2.14. The lowest BCUT2D eigenvalue weighted by Gasteiger charge is -2.01. The van der Waals surface area contributed by atoms with Gasteiger partial charge in [-0.15, -0.1) is 0 Å². The molecule has 18 heavy (non-hydrogen) atoms. The highest BCUT2D eigenvalue weighted by Gasteiger charge is 2.07. The SMILES string of the molecule is O=C(Cc1ccc2[nH]ncc2c1)c1ccccc1. The number of Topliss-reactive ketones (excluding diaryl/α,β-unsaturated/α-hetero) is 1. The van der Waals surface area contributed by atoms with E-state index in [4.69, 9.17) is 0 Å². The summed E-state index contributed by atoms with van der Waals surface area (Å²) in [7, 11) is 0. The van der Waals surface area contributed by atoms with Gasteiger partial charge in [-0.1, -0.05) is 36.4 Å². The van der Waals surface area contributed by atoms with Crippen molar-refractivity contribution in [1.29, 1.82) is 0 Å². The second-order valence-corrected chi connectivity index (χ2v) is 4.26. The molecule has 3 aromatic rings. The second-order valence-electron chi connectivity index (χ2n) is 4.26. The van der Waals surface area contributed by atoms with Crippen LogP contribution < -0.4 is 0 Å². The maximum Gasteiger partial charge on any atom is 0.167 e. The van der Waals surface area contributed by atoms with Crippen LogP contribution in [0.5, 0.6) is 0 Å². The summed E-state index contributed by atoms with van der Waals surface area (Å²) in [6.07, 6.45) is 2.19. The fraction of sp³-hybridized carbons (Fsp3) is 0.0667. The summed E-state index contributed by atoms with van der Waals surface area (Å²) in [4.78, 5) is 12.1. The van der Waals surface area contributed by atoms with E-state index < -0.39 is 0 Å². The third kappa shape index (κ3) is 2.02. The molecule has 3 rings (SSSR count). The number of nitrogens with one attached hydrogen (secondary N) is 1. The van der Waals surface area contributed by atoms with E-state index in [1.807, 2.05) is 48.5 Å². The number of aromatic amines is 1. The Morgan fingerprint density at radius 3 is 2.78 bits per heavy atom. The van der Waals surface area contributed by atoms with Gasteiger partial charge < -0.3 is 0 Å². The Bertz CT molecular complexity index is 686. The highest BCUT2D eigenvalue weighted by atomic mass is 16.1. The van der Waals surface area contributed by atoms with Gasteiger partial charge >= 0.3 is 0 Å². The molecule has 0 amide bonds. The van der Waals surface area contributed by atoms with Gasteiger partial charge in [-0.3, -0.25) is 9.89 Å². The second kappa shape index (κ2) is 4.45. The third-order valence-electron chi connectivity index (χ3n) is 2.97. The molecule has 0 aliphatic carbocycles. The smallest absolute Gasteiger partial charge is 0.167 e. The number of fused-ring (bicyclic) bond motifs is 1. The van der Waals surface area contributed by atoms with Crippen LogP contribution in [0.2, 0.25) is 0 Å². The van der Waals surface area contributed by atoms with Crippen LogP contribution in [0.1, 0.15) is 15.9 Å². The van der Waals surface area contributed by atoms with Gasteiger partial charge in [0.2, 0.25) is 0 Å². The number of carbonyl (C=O) groups excluding carboxylic acids is 1. The fourth-order valence-corrected chi connectivity index (χ4v) is 2.01. The van der Waals surface area contributed by atoms with Gasteiger partial charge in [0, 0.05) is 17.4 Å². The number of hydrogen-bond acceptors (Lipinski definition) is 2. The Kier molecular flexibility index (Phi) is 2.65. The minimum Gasteiger partial charge on any atom is -0.294 e. The molecule has 1 heterocycles. The van der Waals surface area contributed by atoms with Crippen molar-refractivity contribution < 1.29 is 4.79 Å². The van der Waals surface area contributed by atoms with Gasteiger partial charge in [-0.05, 0) is 17.7 Å². The fourth-order valence-electron chi connectivity index (χ4n) is 2.01. The number of aromatic nitrogens is 2. The van der Waals surface area contributed by atoms with Crippen LogP contribution in [0, 0.1) is 0 Å². The largest absolute Gasteiger partial charge is 0.294 e. The molecular weight excluding hydrogens is 224 g/mol. The predicted molar refractivity (Wildman–Crippen MR) is 70.6 cm³/mol. The summed E-state index contributed by atoms with van der Waals surface area (Å²) < 4.78 is 0. The van der Waals surface area contributed by atoms with Crippen molar-refractivity contribution in [3.05, 3.63) is 65.9 Å². The molecule has 0 saturated heterocycles. The molecule has 1 aromatic heterocycles. The third-order valence-corrected chi connectivity index (χ3v) is 2.97. The first kappa shape index (κ1) is 10.7.